The fourth-order valence-corrected chi connectivity index (χ4v) is 4.64. The molecule has 1 aliphatic rings. The van der Waals surface area contributed by atoms with Gasteiger partial charge in [-0.05, 0) is 37.3 Å². The molecule has 0 radical (unpaired) electrons. The number of nitrogens with one attached hydrogen (secondary N) is 1. The van der Waals surface area contributed by atoms with E-state index in [9.17, 15) is 17.6 Å². The van der Waals surface area contributed by atoms with Crippen LogP contribution in [0.3, 0.4) is 0 Å². The SMILES string of the molecule is COC(C)(CNC(=O)c1ccc(S(=O)(=O)N2CCOCC2)cc1)c1ccccc1F. The quantitative estimate of drug-likeness (QED) is 0.719. The average Bonchev–Trinajstić information content (AvgIpc) is 2.78. The predicted octanol–water partition coefficient (Wildman–Crippen LogP) is 2.14. The van der Waals surface area contributed by atoms with Crippen LogP contribution in [0, 0.1) is 5.82 Å². The first-order valence-electron chi connectivity index (χ1n) is 9.54. The summed E-state index contributed by atoms with van der Waals surface area (Å²) in [7, 11) is -2.18. The van der Waals surface area contributed by atoms with E-state index in [4.69, 9.17) is 9.47 Å². The van der Waals surface area contributed by atoms with Crippen LogP contribution < -0.4 is 5.32 Å². The summed E-state index contributed by atoms with van der Waals surface area (Å²) in [5, 5.41) is 2.73. The maximum atomic E-state index is 14.2. The molecule has 0 spiro atoms. The number of morpholine rings is 1. The molecule has 0 bridgehead atoms. The lowest BCUT2D eigenvalue weighted by molar-refractivity contribution is 0.000388. The van der Waals surface area contributed by atoms with E-state index in [1.807, 2.05) is 0 Å². The zero-order valence-electron chi connectivity index (χ0n) is 16.9. The van der Waals surface area contributed by atoms with Crippen molar-refractivity contribution in [2.45, 2.75) is 17.4 Å². The van der Waals surface area contributed by atoms with Crippen LogP contribution in [-0.4, -0.2) is 58.6 Å². The third-order valence-corrected chi connectivity index (χ3v) is 7.12. The molecule has 3 rings (SSSR count). The largest absolute Gasteiger partial charge is 0.379 e. The van der Waals surface area contributed by atoms with Crippen molar-refractivity contribution >= 4 is 15.9 Å². The van der Waals surface area contributed by atoms with E-state index in [0.29, 0.717) is 37.4 Å². The van der Waals surface area contributed by atoms with E-state index in [1.54, 1.807) is 25.1 Å². The van der Waals surface area contributed by atoms with Gasteiger partial charge in [-0.15, -0.1) is 0 Å². The Balaban J connectivity index is 1.69. The molecular weight excluding hydrogens is 411 g/mol. The zero-order chi connectivity index (χ0) is 21.8. The summed E-state index contributed by atoms with van der Waals surface area (Å²) in [4.78, 5) is 12.7. The van der Waals surface area contributed by atoms with E-state index >= 15 is 0 Å². The molecule has 9 heteroatoms. The molecule has 0 aliphatic carbocycles. The molecule has 162 valence electrons. The third-order valence-electron chi connectivity index (χ3n) is 5.20. The van der Waals surface area contributed by atoms with Gasteiger partial charge in [-0.1, -0.05) is 18.2 Å². The van der Waals surface area contributed by atoms with Gasteiger partial charge in [0, 0.05) is 31.3 Å². The number of rotatable bonds is 7. The molecule has 7 nitrogen and oxygen atoms in total. The number of hydrogen-bond acceptors (Lipinski definition) is 5. The van der Waals surface area contributed by atoms with Crippen LogP contribution >= 0.6 is 0 Å². The van der Waals surface area contributed by atoms with Gasteiger partial charge in [0.05, 0.1) is 24.7 Å². The number of amides is 1. The topological polar surface area (TPSA) is 84.9 Å². The minimum atomic E-state index is -3.62. The highest BCUT2D eigenvalue weighted by atomic mass is 32.2. The number of nitrogens with zero attached hydrogens (tertiary/aromatic N) is 1. The minimum Gasteiger partial charge on any atom is -0.379 e. The Kier molecular flexibility index (Phi) is 6.87. The van der Waals surface area contributed by atoms with Gasteiger partial charge in [-0.25, -0.2) is 12.8 Å². The molecule has 1 heterocycles. The Morgan fingerprint density at radius 2 is 1.80 bits per heavy atom. The van der Waals surface area contributed by atoms with Crippen LogP contribution in [0.15, 0.2) is 53.4 Å². The standard InChI is InChI=1S/C21H25FN2O5S/c1-21(28-2,18-5-3-4-6-19(18)22)15-23-20(25)16-7-9-17(10-8-16)30(26,27)24-11-13-29-14-12-24/h3-10H,11-15H2,1-2H3,(H,23,25). The van der Waals surface area contributed by atoms with Crippen LogP contribution in [0.4, 0.5) is 4.39 Å². The smallest absolute Gasteiger partial charge is 0.251 e. The second-order valence-electron chi connectivity index (χ2n) is 7.14. The number of carbonyl (C=O) groups is 1. The molecule has 1 fully saturated rings. The van der Waals surface area contributed by atoms with Gasteiger partial charge in [0.2, 0.25) is 10.0 Å². The lowest BCUT2D eigenvalue weighted by Crippen LogP contribution is -2.41. The summed E-state index contributed by atoms with van der Waals surface area (Å²) >= 11 is 0. The van der Waals surface area contributed by atoms with Gasteiger partial charge < -0.3 is 14.8 Å². The van der Waals surface area contributed by atoms with Crippen molar-refractivity contribution in [2.24, 2.45) is 0 Å². The van der Waals surface area contributed by atoms with Crippen LogP contribution in [0.2, 0.25) is 0 Å². The molecule has 1 N–H and O–H groups in total. The summed E-state index contributed by atoms with van der Waals surface area (Å²) < 4.78 is 51.5. The van der Waals surface area contributed by atoms with E-state index in [-0.39, 0.29) is 11.4 Å². The summed E-state index contributed by atoms with van der Waals surface area (Å²) in [5.41, 5.74) is -0.427. The molecule has 0 aromatic heterocycles. The second-order valence-corrected chi connectivity index (χ2v) is 9.08. The van der Waals surface area contributed by atoms with Crippen LogP contribution in [0.5, 0.6) is 0 Å². The normalized spacial score (nSPS) is 17.3. The predicted molar refractivity (Wildman–Crippen MR) is 109 cm³/mol. The number of methoxy groups -OCH3 is 1. The molecule has 1 saturated heterocycles. The molecule has 2 aromatic rings. The molecule has 30 heavy (non-hydrogen) atoms. The van der Waals surface area contributed by atoms with Gasteiger partial charge in [0.25, 0.3) is 5.91 Å². The maximum Gasteiger partial charge on any atom is 0.251 e. The van der Waals surface area contributed by atoms with Crippen LogP contribution in [0.25, 0.3) is 0 Å². The number of sulfonamides is 1. The summed E-state index contributed by atoms with van der Waals surface area (Å²) in [6.45, 7) is 3.05. The minimum absolute atomic E-state index is 0.0388. The monoisotopic (exact) mass is 436 g/mol. The second kappa shape index (κ2) is 9.22. The van der Waals surface area contributed by atoms with Gasteiger partial charge in [0.1, 0.15) is 11.4 Å². The molecule has 1 unspecified atom stereocenters. The Labute approximate surface area is 175 Å². The van der Waals surface area contributed by atoms with Crippen LogP contribution in [0.1, 0.15) is 22.8 Å². The Morgan fingerprint density at radius 3 is 2.40 bits per heavy atom. The molecule has 1 atom stereocenters. The highest BCUT2D eigenvalue weighted by Gasteiger charge is 2.30. The molecule has 1 amide bonds. The summed E-state index contributed by atoms with van der Waals surface area (Å²) in [6, 6.07) is 12.0. The fourth-order valence-electron chi connectivity index (χ4n) is 3.23. The van der Waals surface area contributed by atoms with Crippen molar-refractivity contribution in [1.29, 1.82) is 0 Å². The number of halogens is 1. The lowest BCUT2D eigenvalue weighted by atomic mass is 9.95. The summed E-state index contributed by atoms with van der Waals surface area (Å²) in [5.74, 6) is -0.835. The van der Waals surface area contributed by atoms with E-state index in [1.165, 1.54) is 41.7 Å². The highest BCUT2D eigenvalue weighted by molar-refractivity contribution is 7.89. The molecule has 0 saturated carbocycles. The molecular formula is C21H25FN2O5S. The van der Waals surface area contributed by atoms with Crippen molar-refractivity contribution < 1.29 is 27.1 Å². The van der Waals surface area contributed by atoms with E-state index in [0.717, 1.165) is 0 Å². The third kappa shape index (κ3) is 4.70. The fraction of sp³-hybridized carbons (Fsp3) is 0.381. The Bertz CT molecular complexity index is 991. The summed E-state index contributed by atoms with van der Waals surface area (Å²) in [6.07, 6.45) is 0. The van der Waals surface area contributed by atoms with Crippen molar-refractivity contribution in [3.8, 4) is 0 Å². The van der Waals surface area contributed by atoms with Crippen molar-refractivity contribution in [3.05, 3.63) is 65.5 Å². The van der Waals surface area contributed by atoms with Gasteiger partial charge >= 0.3 is 0 Å². The maximum absolute atomic E-state index is 14.2. The van der Waals surface area contributed by atoms with Gasteiger partial charge in [0.15, 0.2) is 0 Å². The first-order valence-corrected chi connectivity index (χ1v) is 11.0. The van der Waals surface area contributed by atoms with Crippen molar-refractivity contribution in [3.63, 3.8) is 0 Å². The van der Waals surface area contributed by atoms with Crippen molar-refractivity contribution in [2.75, 3.05) is 40.0 Å². The van der Waals surface area contributed by atoms with Gasteiger partial charge in [-0.2, -0.15) is 4.31 Å². The number of carbonyl (C=O) groups excluding carboxylic acids is 1. The average molecular weight is 437 g/mol. The number of ether oxygens (including phenoxy) is 2. The van der Waals surface area contributed by atoms with Crippen molar-refractivity contribution in [1.82, 2.24) is 9.62 Å². The number of hydrogen-bond donors (Lipinski definition) is 1. The number of benzene rings is 2. The molecule has 1 aliphatic heterocycles. The van der Waals surface area contributed by atoms with E-state index < -0.39 is 27.3 Å². The highest BCUT2D eigenvalue weighted by Crippen LogP contribution is 2.26. The molecule has 2 aromatic carbocycles. The van der Waals surface area contributed by atoms with Gasteiger partial charge in [-0.3, -0.25) is 4.79 Å². The first-order chi connectivity index (χ1) is 14.3. The zero-order valence-corrected chi connectivity index (χ0v) is 17.7. The van der Waals surface area contributed by atoms with Crippen LogP contribution in [-0.2, 0) is 25.1 Å². The first kappa shape index (κ1) is 22.4. The Hall–Kier alpha value is -2.33. The van der Waals surface area contributed by atoms with E-state index in [2.05, 4.69) is 5.32 Å². The lowest BCUT2D eigenvalue weighted by Gasteiger charge is -2.29. The Morgan fingerprint density at radius 1 is 1.17 bits per heavy atom.